The van der Waals surface area contributed by atoms with Gasteiger partial charge < -0.3 is 9.73 Å². The molecule has 20 heavy (non-hydrogen) atoms. The quantitative estimate of drug-likeness (QED) is 0.733. The smallest absolute Gasteiger partial charge is 0.341 e. The zero-order chi connectivity index (χ0) is 13.9. The molecule has 0 radical (unpaired) electrons. The molecule has 0 bridgehead atoms. The largest absolute Gasteiger partial charge is 0.422 e. The van der Waals surface area contributed by atoms with Gasteiger partial charge in [-0.25, -0.2) is 4.79 Å². The van der Waals surface area contributed by atoms with Crippen molar-refractivity contribution in [2.45, 2.75) is 6.54 Å². The fourth-order valence-electron chi connectivity index (χ4n) is 2.02. The minimum atomic E-state index is -0.303. The number of hydrogen-bond donors (Lipinski definition) is 1. The first-order chi connectivity index (χ1) is 9.74. The Hall–Kier alpha value is -2.07. The first kappa shape index (κ1) is 12.9. The van der Waals surface area contributed by atoms with Crippen LogP contribution in [0.3, 0.4) is 0 Å². The van der Waals surface area contributed by atoms with Crippen LogP contribution in [0.5, 0.6) is 0 Å². The van der Waals surface area contributed by atoms with Crippen LogP contribution < -0.4 is 10.9 Å². The lowest BCUT2D eigenvalue weighted by molar-refractivity contribution is 0.552. The molecule has 1 heterocycles. The second-order valence-corrected chi connectivity index (χ2v) is 5.28. The van der Waals surface area contributed by atoms with Crippen molar-refractivity contribution in [3.05, 3.63) is 75.1 Å². The second-order valence-electron chi connectivity index (χ2n) is 4.43. The number of hydrogen-bond acceptors (Lipinski definition) is 3. The van der Waals surface area contributed by atoms with E-state index in [2.05, 4.69) is 21.2 Å². The predicted octanol–water partition coefficient (Wildman–Crippen LogP) is 4.17. The van der Waals surface area contributed by atoms with Gasteiger partial charge in [0.2, 0.25) is 0 Å². The molecule has 0 spiro atoms. The molecule has 2 aromatic carbocycles. The summed E-state index contributed by atoms with van der Waals surface area (Å²) in [7, 11) is 0. The fraction of sp³-hybridized carbons (Fsp3) is 0.0625. The Balaban J connectivity index is 1.89. The molecule has 0 unspecified atom stereocenters. The van der Waals surface area contributed by atoms with Gasteiger partial charge >= 0.3 is 5.63 Å². The Morgan fingerprint density at radius 3 is 2.65 bits per heavy atom. The van der Waals surface area contributed by atoms with E-state index in [-0.39, 0.29) is 5.63 Å². The van der Waals surface area contributed by atoms with E-state index >= 15 is 0 Å². The molecule has 3 nitrogen and oxygen atoms in total. The van der Waals surface area contributed by atoms with E-state index < -0.39 is 0 Å². The Labute approximate surface area is 124 Å². The molecule has 0 aliphatic rings. The van der Waals surface area contributed by atoms with E-state index in [4.69, 9.17) is 4.42 Å². The molecule has 3 aromatic rings. The number of para-hydroxylation sites is 2. The van der Waals surface area contributed by atoms with Crippen LogP contribution in [-0.4, -0.2) is 0 Å². The van der Waals surface area contributed by atoms with Gasteiger partial charge in [0, 0.05) is 22.1 Å². The summed E-state index contributed by atoms with van der Waals surface area (Å²) >= 11 is 3.46. The standard InChI is InChI=1S/C16H12BrNO2/c17-13-6-2-3-7-14(13)18-10-12-9-11-5-1-4-8-15(11)20-16(12)19/h1-9,18H,10H2. The van der Waals surface area contributed by atoms with E-state index in [9.17, 15) is 4.79 Å². The summed E-state index contributed by atoms with van der Waals surface area (Å²) in [4.78, 5) is 11.9. The summed E-state index contributed by atoms with van der Waals surface area (Å²) in [5, 5.41) is 4.15. The summed E-state index contributed by atoms with van der Waals surface area (Å²) < 4.78 is 6.27. The van der Waals surface area contributed by atoms with Gasteiger partial charge in [0.05, 0.1) is 5.56 Å². The van der Waals surface area contributed by atoms with Crippen LogP contribution >= 0.6 is 15.9 Å². The van der Waals surface area contributed by atoms with Gasteiger partial charge in [-0.1, -0.05) is 30.3 Å². The van der Waals surface area contributed by atoms with Crippen molar-refractivity contribution in [3.8, 4) is 0 Å². The molecule has 0 atom stereocenters. The average molecular weight is 330 g/mol. The molecule has 100 valence electrons. The highest BCUT2D eigenvalue weighted by Gasteiger charge is 2.05. The van der Waals surface area contributed by atoms with Gasteiger partial charge in [-0.2, -0.15) is 0 Å². The van der Waals surface area contributed by atoms with Gasteiger partial charge in [0.15, 0.2) is 0 Å². The molecule has 1 N–H and O–H groups in total. The van der Waals surface area contributed by atoms with E-state index in [1.807, 2.05) is 48.5 Å². The van der Waals surface area contributed by atoms with Crippen LogP contribution in [0.15, 0.2) is 68.3 Å². The maximum atomic E-state index is 11.9. The molecule has 1 aromatic heterocycles. The average Bonchev–Trinajstić information content (AvgIpc) is 2.46. The molecule has 0 saturated carbocycles. The molecule has 0 saturated heterocycles. The van der Waals surface area contributed by atoms with Crippen LogP contribution in [0.25, 0.3) is 11.0 Å². The van der Waals surface area contributed by atoms with Gasteiger partial charge in [0.25, 0.3) is 0 Å². The molecule has 0 aliphatic heterocycles. The lowest BCUT2D eigenvalue weighted by Crippen LogP contribution is -2.11. The van der Waals surface area contributed by atoms with Gasteiger partial charge in [-0.15, -0.1) is 0 Å². The SMILES string of the molecule is O=c1oc2ccccc2cc1CNc1ccccc1Br. The highest BCUT2D eigenvalue weighted by molar-refractivity contribution is 9.10. The number of rotatable bonds is 3. The van der Waals surface area contributed by atoms with Gasteiger partial charge in [-0.3, -0.25) is 0 Å². The lowest BCUT2D eigenvalue weighted by atomic mass is 10.2. The lowest BCUT2D eigenvalue weighted by Gasteiger charge is -2.08. The molecule has 3 rings (SSSR count). The van der Waals surface area contributed by atoms with Crippen molar-refractivity contribution in [2.24, 2.45) is 0 Å². The zero-order valence-corrected chi connectivity index (χ0v) is 12.2. The monoisotopic (exact) mass is 329 g/mol. The van der Waals surface area contributed by atoms with Gasteiger partial charge in [-0.05, 0) is 40.2 Å². The van der Waals surface area contributed by atoms with Crippen LogP contribution in [-0.2, 0) is 6.54 Å². The number of anilines is 1. The molecular weight excluding hydrogens is 318 g/mol. The fourth-order valence-corrected chi connectivity index (χ4v) is 2.45. The maximum absolute atomic E-state index is 11.9. The summed E-state index contributed by atoms with van der Waals surface area (Å²) in [6.07, 6.45) is 0. The number of nitrogens with one attached hydrogen (secondary N) is 1. The molecule has 0 aliphatic carbocycles. The Morgan fingerprint density at radius 2 is 1.80 bits per heavy atom. The van der Waals surface area contributed by atoms with Gasteiger partial charge in [0.1, 0.15) is 5.58 Å². The highest BCUT2D eigenvalue weighted by atomic mass is 79.9. The van der Waals surface area contributed by atoms with Crippen molar-refractivity contribution in [2.75, 3.05) is 5.32 Å². The van der Waals surface area contributed by atoms with Crippen molar-refractivity contribution >= 4 is 32.6 Å². The number of halogens is 1. The van der Waals surface area contributed by atoms with Crippen LogP contribution in [0.2, 0.25) is 0 Å². The van der Waals surface area contributed by atoms with Crippen LogP contribution in [0, 0.1) is 0 Å². The minimum absolute atomic E-state index is 0.303. The molecule has 0 amide bonds. The van der Waals surface area contributed by atoms with Crippen molar-refractivity contribution in [1.82, 2.24) is 0 Å². The maximum Gasteiger partial charge on any atom is 0.341 e. The Bertz CT molecular complexity index is 811. The van der Waals surface area contributed by atoms with E-state index in [0.717, 1.165) is 15.5 Å². The first-order valence-electron chi connectivity index (χ1n) is 6.24. The number of fused-ring (bicyclic) bond motifs is 1. The molecular formula is C16H12BrNO2. The second kappa shape index (κ2) is 5.51. The normalized spacial score (nSPS) is 10.7. The van der Waals surface area contributed by atoms with Crippen LogP contribution in [0.1, 0.15) is 5.56 Å². The molecule has 0 fully saturated rings. The van der Waals surface area contributed by atoms with E-state index in [1.54, 1.807) is 6.07 Å². The van der Waals surface area contributed by atoms with Crippen molar-refractivity contribution < 1.29 is 4.42 Å². The number of benzene rings is 2. The zero-order valence-electron chi connectivity index (χ0n) is 10.6. The third-order valence-electron chi connectivity index (χ3n) is 3.06. The third-order valence-corrected chi connectivity index (χ3v) is 3.75. The highest BCUT2D eigenvalue weighted by Crippen LogP contribution is 2.22. The van der Waals surface area contributed by atoms with Crippen molar-refractivity contribution in [3.63, 3.8) is 0 Å². The minimum Gasteiger partial charge on any atom is -0.422 e. The topological polar surface area (TPSA) is 42.2 Å². The summed E-state index contributed by atoms with van der Waals surface area (Å²) in [6, 6.07) is 17.2. The summed E-state index contributed by atoms with van der Waals surface area (Å²) in [6.45, 7) is 0.426. The Morgan fingerprint density at radius 1 is 1.05 bits per heavy atom. The van der Waals surface area contributed by atoms with Crippen molar-refractivity contribution in [1.29, 1.82) is 0 Å². The third kappa shape index (κ3) is 2.60. The molecule has 4 heteroatoms. The Kier molecular flexibility index (Phi) is 3.56. The summed E-state index contributed by atoms with van der Waals surface area (Å²) in [5.41, 5.74) is 1.87. The summed E-state index contributed by atoms with van der Waals surface area (Å²) in [5.74, 6) is 0. The van der Waals surface area contributed by atoms with E-state index in [0.29, 0.717) is 17.7 Å². The van der Waals surface area contributed by atoms with E-state index in [1.165, 1.54) is 0 Å². The van der Waals surface area contributed by atoms with Crippen LogP contribution in [0.4, 0.5) is 5.69 Å². The predicted molar refractivity (Wildman–Crippen MR) is 84.0 cm³/mol. The first-order valence-corrected chi connectivity index (χ1v) is 7.03.